The number of imide groups is 1. The van der Waals surface area contributed by atoms with Crippen molar-refractivity contribution in [1.29, 1.82) is 0 Å². The summed E-state index contributed by atoms with van der Waals surface area (Å²) in [6, 6.07) is 8.44. The van der Waals surface area contributed by atoms with Gasteiger partial charge in [-0.05, 0) is 0 Å². The lowest BCUT2D eigenvalue weighted by molar-refractivity contribution is -0.707. The molecule has 4 nitrogen and oxygen atoms in total. The Hall–Kier alpha value is -1.68. The summed E-state index contributed by atoms with van der Waals surface area (Å²) in [4.78, 5) is 23.4. The van der Waals surface area contributed by atoms with E-state index in [1.54, 1.807) is 0 Å². The van der Waals surface area contributed by atoms with E-state index < -0.39 is 0 Å². The largest absolute Gasteiger partial charge is 0.332 e. The molecule has 2 fully saturated rings. The van der Waals surface area contributed by atoms with E-state index in [0.717, 1.165) is 0 Å². The number of quaternary nitrogens is 1. The molecule has 0 saturated carbocycles. The van der Waals surface area contributed by atoms with E-state index in [4.69, 9.17) is 0 Å². The van der Waals surface area contributed by atoms with Gasteiger partial charge in [0.05, 0.1) is 0 Å². The number of amides is 2. The summed E-state index contributed by atoms with van der Waals surface area (Å²) >= 11 is 0. The first-order valence-corrected chi connectivity index (χ1v) is 5.56. The molecule has 4 rings (SSSR count). The molecule has 3 N–H and O–H groups in total. The van der Waals surface area contributed by atoms with Gasteiger partial charge in [0.15, 0.2) is 0 Å². The summed E-state index contributed by atoms with van der Waals surface area (Å²) in [7, 11) is 0. The van der Waals surface area contributed by atoms with Crippen molar-refractivity contribution in [2.45, 2.75) is 12.1 Å². The fourth-order valence-corrected chi connectivity index (χ4v) is 3.56. The zero-order valence-corrected chi connectivity index (χ0v) is 8.51. The number of carbonyl (C=O) groups is 2. The maximum Gasteiger partial charge on any atom is 0.237 e. The third kappa shape index (κ3) is 0.769. The highest BCUT2D eigenvalue weighted by molar-refractivity contribution is 6.06. The van der Waals surface area contributed by atoms with Crippen molar-refractivity contribution in [3.05, 3.63) is 35.4 Å². The predicted octanol–water partition coefficient (Wildman–Crippen LogP) is -0.752. The van der Waals surface area contributed by atoms with E-state index in [2.05, 4.69) is 22.8 Å². The molecule has 4 atom stereocenters. The Morgan fingerprint density at radius 1 is 0.938 bits per heavy atom. The van der Waals surface area contributed by atoms with Gasteiger partial charge in [0, 0.05) is 11.1 Å². The second-order valence-corrected chi connectivity index (χ2v) is 4.78. The fraction of sp³-hybridized carbons (Fsp3) is 0.333. The summed E-state index contributed by atoms with van der Waals surface area (Å²) in [5, 5.41) is 4.63. The molecule has 0 unspecified atom stereocenters. The summed E-state index contributed by atoms with van der Waals surface area (Å²) in [5.41, 5.74) is 2.47. The van der Waals surface area contributed by atoms with Crippen LogP contribution >= 0.6 is 0 Å². The van der Waals surface area contributed by atoms with Crippen molar-refractivity contribution in [3.63, 3.8) is 0 Å². The monoisotopic (exact) mass is 215 g/mol. The van der Waals surface area contributed by atoms with Crippen molar-refractivity contribution < 1.29 is 14.9 Å². The summed E-state index contributed by atoms with van der Waals surface area (Å²) in [6.45, 7) is 0. The zero-order valence-electron chi connectivity index (χ0n) is 8.51. The van der Waals surface area contributed by atoms with Crippen molar-refractivity contribution in [1.82, 2.24) is 5.32 Å². The minimum Gasteiger partial charge on any atom is -0.332 e. The molecule has 3 heterocycles. The van der Waals surface area contributed by atoms with Crippen LogP contribution in [-0.4, -0.2) is 11.8 Å². The van der Waals surface area contributed by atoms with Gasteiger partial charge in [0.2, 0.25) is 11.8 Å². The smallest absolute Gasteiger partial charge is 0.237 e. The molecule has 3 aliphatic rings. The second-order valence-electron chi connectivity index (χ2n) is 4.78. The topological polar surface area (TPSA) is 62.8 Å². The molecule has 2 bridgehead atoms. The van der Waals surface area contributed by atoms with E-state index in [0.29, 0.717) is 0 Å². The lowest BCUT2D eigenvalue weighted by atomic mass is 9.77. The first kappa shape index (κ1) is 8.47. The van der Waals surface area contributed by atoms with Gasteiger partial charge in [0.25, 0.3) is 0 Å². The molecule has 0 radical (unpaired) electrons. The number of fused-ring (bicyclic) bond motifs is 8. The number of hydrogen-bond donors (Lipinski definition) is 2. The van der Waals surface area contributed by atoms with E-state index in [1.165, 1.54) is 11.1 Å². The standard InChI is InChI=1S/C12H10N2O2/c15-11-7-8(12(16)14-11)10-6-4-2-1-3-5(6)9(7)13-10/h1-4,7-10,13H,(H,14,15,16)/p+1/t7-,8+,9-,10+. The van der Waals surface area contributed by atoms with Crippen molar-refractivity contribution in [3.8, 4) is 0 Å². The molecule has 1 aromatic carbocycles. The van der Waals surface area contributed by atoms with Gasteiger partial charge in [-0.15, -0.1) is 0 Å². The van der Waals surface area contributed by atoms with Gasteiger partial charge in [-0.3, -0.25) is 14.9 Å². The van der Waals surface area contributed by atoms with Gasteiger partial charge >= 0.3 is 0 Å². The van der Waals surface area contributed by atoms with E-state index in [1.807, 2.05) is 12.1 Å². The van der Waals surface area contributed by atoms with Crippen LogP contribution in [0, 0.1) is 11.8 Å². The third-order valence-corrected chi connectivity index (χ3v) is 4.14. The highest BCUT2D eigenvalue weighted by Crippen LogP contribution is 2.48. The van der Waals surface area contributed by atoms with Crippen LogP contribution in [0.3, 0.4) is 0 Å². The Balaban J connectivity index is 1.92. The van der Waals surface area contributed by atoms with Crippen molar-refractivity contribution in [2.75, 3.05) is 0 Å². The van der Waals surface area contributed by atoms with Crippen LogP contribution in [0.25, 0.3) is 0 Å². The highest BCUT2D eigenvalue weighted by atomic mass is 16.2. The average Bonchev–Trinajstić information content (AvgIpc) is 2.91. The Bertz CT molecular complexity index is 481. The molecule has 3 aliphatic heterocycles. The molecule has 0 spiro atoms. The number of rotatable bonds is 0. The number of carbonyl (C=O) groups excluding carboxylic acids is 2. The van der Waals surface area contributed by atoms with Gasteiger partial charge in [-0.25, -0.2) is 0 Å². The third-order valence-electron chi connectivity index (χ3n) is 4.14. The number of nitrogens with two attached hydrogens (primary N) is 1. The van der Waals surface area contributed by atoms with Crippen LogP contribution in [0.2, 0.25) is 0 Å². The average molecular weight is 215 g/mol. The molecular weight excluding hydrogens is 204 g/mol. The number of nitrogens with one attached hydrogen (secondary N) is 1. The lowest BCUT2D eigenvalue weighted by Crippen LogP contribution is -2.81. The Kier molecular flexibility index (Phi) is 1.33. The maximum atomic E-state index is 11.7. The zero-order chi connectivity index (χ0) is 10.9. The van der Waals surface area contributed by atoms with Crippen molar-refractivity contribution in [2.24, 2.45) is 11.8 Å². The molecule has 0 aromatic heterocycles. The first-order chi connectivity index (χ1) is 7.77. The van der Waals surface area contributed by atoms with Crippen LogP contribution in [0.15, 0.2) is 24.3 Å². The first-order valence-electron chi connectivity index (χ1n) is 5.56. The Morgan fingerprint density at radius 2 is 1.44 bits per heavy atom. The maximum absolute atomic E-state index is 11.7. The minimum absolute atomic E-state index is 0.0896. The van der Waals surface area contributed by atoms with Crippen LogP contribution < -0.4 is 10.6 Å². The fourth-order valence-electron chi connectivity index (χ4n) is 3.56. The molecule has 4 heteroatoms. The van der Waals surface area contributed by atoms with E-state index >= 15 is 0 Å². The molecule has 80 valence electrons. The summed E-state index contributed by atoms with van der Waals surface area (Å²) < 4.78 is 0. The van der Waals surface area contributed by atoms with Crippen molar-refractivity contribution >= 4 is 11.8 Å². The molecule has 2 saturated heterocycles. The molecule has 0 aliphatic carbocycles. The lowest BCUT2D eigenvalue weighted by Gasteiger charge is -2.16. The molecular formula is C12H11N2O2+. The molecule has 16 heavy (non-hydrogen) atoms. The summed E-state index contributed by atoms with van der Waals surface area (Å²) in [6.07, 6.45) is 0. The van der Waals surface area contributed by atoms with Crippen LogP contribution in [0.1, 0.15) is 23.2 Å². The van der Waals surface area contributed by atoms with Gasteiger partial charge in [-0.2, -0.15) is 0 Å². The second kappa shape index (κ2) is 2.52. The molecule has 2 amide bonds. The van der Waals surface area contributed by atoms with E-state index in [9.17, 15) is 9.59 Å². The van der Waals surface area contributed by atoms with Gasteiger partial charge < -0.3 is 5.32 Å². The SMILES string of the molecule is O=C1NC(=O)[C@H]2[C@@H]1[C@@H]1[NH2+][C@H]2c2ccccc21. The van der Waals surface area contributed by atoms with Crippen LogP contribution in [-0.2, 0) is 9.59 Å². The minimum atomic E-state index is -0.146. The predicted molar refractivity (Wildman–Crippen MR) is 54.0 cm³/mol. The normalized spacial score (nSPS) is 38.5. The quantitative estimate of drug-likeness (QED) is 0.559. The van der Waals surface area contributed by atoms with Gasteiger partial charge in [-0.1, -0.05) is 24.3 Å². The van der Waals surface area contributed by atoms with Crippen LogP contribution in [0.4, 0.5) is 0 Å². The summed E-state index contributed by atoms with van der Waals surface area (Å²) in [5.74, 6) is -0.471. The Morgan fingerprint density at radius 3 is 1.94 bits per heavy atom. The number of benzene rings is 1. The molecule has 1 aromatic rings. The van der Waals surface area contributed by atoms with Gasteiger partial charge in [0.1, 0.15) is 23.9 Å². The number of hydrogen-bond acceptors (Lipinski definition) is 2. The Labute approximate surface area is 92.0 Å². The van der Waals surface area contributed by atoms with E-state index in [-0.39, 0.29) is 35.7 Å². The van der Waals surface area contributed by atoms with Crippen LogP contribution in [0.5, 0.6) is 0 Å². The highest BCUT2D eigenvalue weighted by Gasteiger charge is 2.63.